The molecule has 0 fully saturated rings. The number of hydrogen-bond donors (Lipinski definition) is 2. The van der Waals surface area contributed by atoms with Gasteiger partial charge in [0.2, 0.25) is 0 Å². The summed E-state index contributed by atoms with van der Waals surface area (Å²) in [5.41, 5.74) is 1.02. The van der Waals surface area contributed by atoms with Crippen LogP contribution in [0.25, 0.3) is 0 Å². The highest BCUT2D eigenvalue weighted by molar-refractivity contribution is 6.29. The van der Waals surface area contributed by atoms with E-state index in [1.807, 2.05) is 6.07 Å². The average Bonchev–Trinajstić information content (AvgIpc) is 2.58. The van der Waals surface area contributed by atoms with Gasteiger partial charge in [-0.05, 0) is 30.6 Å². The largest absolute Gasteiger partial charge is 0.453 e. The van der Waals surface area contributed by atoms with Crippen molar-refractivity contribution in [3.05, 3.63) is 23.1 Å². The van der Waals surface area contributed by atoms with E-state index < -0.39 is 0 Å². The molecule has 0 radical (unpaired) electrons. The van der Waals surface area contributed by atoms with Crippen LogP contribution in [-0.2, 0) is 6.54 Å². The molecule has 0 bridgehead atoms. The van der Waals surface area contributed by atoms with Crippen molar-refractivity contribution in [2.75, 3.05) is 19.6 Å². The zero-order valence-corrected chi connectivity index (χ0v) is 9.23. The quantitative estimate of drug-likeness (QED) is 0.685. The Morgan fingerprint density at radius 3 is 2.71 bits per heavy atom. The van der Waals surface area contributed by atoms with Crippen molar-refractivity contribution >= 4 is 11.6 Å². The van der Waals surface area contributed by atoms with Crippen molar-refractivity contribution in [1.29, 1.82) is 0 Å². The summed E-state index contributed by atoms with van der Waals surface area (Å²) in [7, 11) is 0. The SMILES string of the molecule is CCCNCCNCc1ccoc1Cl. The average molecular weight is 217 g/mol. The lowest BCUT2D eigenvalue weighted by atomic mass is 10.3. The molecule has 3 nitrogen and oxygen atoms in total. The molecule has 14 heavy (non-hydrogen) atoms. The van der Waals surface area contributed by atoms with Gasteiger partial charge in [-0.15, -0.1) is 0 Å². The van der Waals surface area contributed by atoms with Crippen molar-refractivity contribution in [2.24, 2.45) is 0 Å². The number of rotatable bonds is 7. The summed E-state index contributed by atoms with van der Waals surface area (Å²) in [4.78, 5) is 0. The zero-order chi connectivity index (χ0) is 10.2. The predicted molar refractivity (Wildman–Crippen MR) is 58.6 cm³/mol. The van der Waals surface area contributed by atoms with Crippen LogP contribution in [0.3, 0.4) is 0 Å². The minimum Gasteiger partial charge on any atom is -0.453 e. The van der Waals surface area contributed by atoms with E-state index in [0.29, 0.717) is 5.22 Å². The summed E-state index contributed by atoms with van der Waals surface area (Å²) in [6, 6.07) is 1.88. The van der Waals surface area contributed by atoms with Crippen LogP contribution in [0.4, 0.5) is 0 Å². The van der Waals surface area contributed by atoms with Crippen molar-refractivity contribution in [1.82, 2.24) is 10.6 Å². The van der Waals surface area contributed by atoms with Crippen LogP contribution in [0.1, 0.15) is 18.9 Å². The van der Waals surface area contributed by atoms with Crippen LogP contribution in [-0.4, -0.2) is 19.6 Å². The molecule has 80 valence electrons. The van der Waals surface area contributed by atoms with Crippen molar-refractivity contribution < 1.29 is 4.42 Å². The number of furan rings is 1. The molecule has 2 N–H and O–H groups in total. The fourth-order valence-corrected chi connectivity index (χ4v) is 1.33. The Morgan fingerprint density at radius 2 is 2.07 bits per heavy atom. The summed E-state index contributed by atoms with van der Waals surface area (Å²) < 4.78 is 4.97. The van der Waals surface area contributed by atoms with Gasteiger partial charge in [-0.3, -0.25) is 0 Å². The Bertz CT molecular complexity index is 250. The first-order chi connectivity index (χ1) is 6.84. The normalized spacial score (nSPS) is 10.7. The first kappa shape index (κ1) is 11.6. The first-order valence-corrected chi connectivity index (χ1v) is 5.35. The van der Waals surface area contributed by atoms with E-state index in [1.54, 1.807) is 6.26 Å². The lowest BCUT2D eigenvalue weighted by Crippen LogP contribution is -2.27. The maximum Gasteiger partial charge on any atom is 0.197 e. The third-order valence-electron chi connectivity index (χ3n) is 1.91. The van der Waals surface area contributed by atoms with Gasteiger partial charge in [-0.25, -0.2) is 0 Å². The van der Waals surface area contributed by atoms with Gasteiger partial charge in [0.05, 0.1) is 6.26 Å². The van der Waals surface area contributed by atoms with E-state index in [4.69, 9.17) is 16.0 Å². The lowest BCUT2D eigenvalue weighted by Gasteiger charge is -2.04. The molecule has 4 heteroatoms. The fourth-order valence-electron chi connectivity index (χ4n) is 1.15. The molecule has 0 aliphatic rings. The molecule has 0 aliphatic heterocycles. The van der Waals surface area contributed by atoms with Gasteiger partial charge in [0.25, 0.3) is 0 Å². The third-order valence-corrected chi connectivity index (χ3v) is 2.25. The predicted octanol–water partition coefficient (Wildman–Crippen LogP) is 2.02. The topological polar surface area (TPSA) is 37.2 Å². The highest BCUT2D eigenvalue weighted by Crippen LogP contribution is 2.15. The van der Waals surface area contributed by atoms with Crippen LogP contribution < -0.4 is 10.6 Å². The maximum atomic E-state index is 5.78. The Labute approximate surface area is 89.8 Å². The van der Waals surface area contributed by atoms with E-state index in [0.717, 1.165) is 31.7 Å². The Balaban J connectivity index is 2.02. The second-order valence-electron chi connectivity index (χ2n) is 3.15. The summed E-state index contributed by atoms with van der Waals surface area (Å²) in [5, 5.41) is 7.08. The zero-order valence-electron chi connectivity index (χ0n) is 8.48. The monoisotopic (exact) mass is 216 g/mol. The minimum atomic E-state index is 0.485. The van der Waals surface area contributed by atoms with Gasteiger partial charge in [0.1, 0.15) is 0 Å². The Morgan fingerprint density at radius 1 is 1.29 bits per heavy atom. The van der Waals surface area contributed by atoms with E-state index in [1.165, 1.54) is 6.42 Å². The van der Waals surface area contributed by atoms with Gasteiger partial charge in [0, 0.05) is 25.2 Å². The molecule has 0 unspecified atom stereocenters. The molecule has 0 saturated heterocycles. The second-order valence-corrected chi connectivity index (χ2v) is 3.49. The summed E-state index contributed by atoms with van der Waals surface area (Å²) in [5.74, 6) is 0. The molecule has 0 amide bonds. The molecule has 1 heterocycles. The highest BCUT2D eigenvalue weighted by Gasteiger charge is 2.01. The van der Waals surface area contributed by atoms with E-state index in [-0.39, 0.29) is 0 Å². The minimum absolute atomic E-state index is 0.485. The summed E-state index contributed by atoms with van der Waals surface area (Å²) in [6.07, 6.45) is 2.78. The van der Waals surface area contributed by atoms with Crippen LogP contribution in [0.15, 0.2) is 16.7 Å². The summed E-state index contributed by atoms with van der Waals surface area (Å²) >= 11 is 5.78. The maximum absolute atomic E-state index is 5.78. The van der Waals surface area contributed by atoms with Crippen LogP contribution in [0.5, 0.6) is 0 Å². The Kier molecular flexibility index (Phi) is 5.68. The molecule has 1 aromatic heterocycles. The van der Waals surface area contributed by atoms with E-state index >= 15 is 0 Å². The molecular formula is C10H17ClN2O. The van der Waals surface area contributed by atoms with Gasteiger partial charge in [0.15, 0.2) is 5.22 Å². The van der Waals surface area contributed by atoms with Crippen molar-refractivity contribution in [3.8, 4) is 0 Å². The van der Waals surface area contributed by atoms with Gasteiger partial charge < -0.3 is 15.1 Å². The standard InChI is InChI=1S/C10H17ClN2O/c1-2-4-12-5-6-13-8-9-3-7-14-10(9)11/h3,7,12-13H,2,4-6,8H2,1H3. The highest BCUT2D eigenvalue weighted by atomic mass is 35.5. The summed E-state index contributed by atoms with van der Waals surface area (Å²) in [6.45, 7) is 5.94. The molecule has 1 aromatic rings. The molecule has 0 aromatic carbocycles. The molecular weight excluding hydrogens is 200 g/mol. The molecule has 0 spiro atoms. The van der Waals surface area contributed by atoms with Gasteiger partial charge >= 0.3 is 0 Å². The van der Waals surface area contributed by atoms with Gasteiger partial charge in [-0.2, -0.15) is 0 Å². The molecule has 0 aliphatic carbocycles. The molecule has 1 rings (SSSR count). The smallest absolute Gasteiger partial charge is 0.197 e. The second kappa shape index (κ2) is 6.87. The van der Waals surface area contributed by atoms with Crippen LogP contribution >= 0.6 is 11.6 Å². The third kappa shape index (κ3) is 4.13. The molecule has 0 saturated carbocycles. The van der Waals surface area contributed by atoms with E-state index in [9.17, 15) is 0 Å². The number of halogens is 1. The first-order valence-electron chi connectivity index (χ1n) is 4.98. The van der Waals surface area contributed by atoms with Gasteiger partial charge in [-0.1, -0.05) is 6.92 Å². The van der Waals surface area contributed by atoms with Crippen molar-refractivity contribution in [3.63, 3.8) is 0 Å². The Hall–Kier alpha value is -0.510. The lowest BCUT2D eigenvalue weighted by molar-refractivity contribution is 0.560. The van der Waals surface area contributed by atoms with Crippen LogP contribution in [0, 0.1) is 0 Å². The van der Waals surface area contributed by atoms with Crippen LogP contribution in [0.2, 0.25) is 5.22 Å². The van der Waals surface area contributed by atoms with E-state index in [2.05, 4.69) is 17.6 Å². The molecule has 0 atom stereocenters. The number of nitrogens with one attached hydrogen (secondary N) is 2. The van der Waals surface area contributed by atoms with Crippen molar-refractivity contribution in [2.45, 2.75) is 19.9 Å². The fraction of sp³-hybridized carbons (Fsp3) is 0.600. The number of hydrogen-bond acceptors (Lipinski definition) is 3.